The van der Waals surface area contributed by atoms with E-state index in [4.69, 9.17) is 0 Å². The van der Waals surface area contributed by atoms with Gasteiger partial charge in [-0.15, -0.1) is 11.3 Å². The summed E-state index contributed by atoms with van der Waals surface area (Å²) >= 11 is 1.78. The first kappa shape index (κ1) is 14.0. The van der Waals surface area contributed by atoms with Crippen molar-refractivity contribution in [2.24, 2.45) is 0 Å². The zero-order valence-corrected chi connectivity index (χ0v) is 13.2. The topological polar surface area (TPSA) is 35.6 Å². The fraction of sp³-hybridized carbons (Fsp3) is 0.667. The number of nitrogens with zero attached hydrogens (tertiary/aromatic N) is 2. The van der Waals surface area contributed by atoms with Crippen molar-refractivity contribution in [1.29, 1.82) is 0 Å². The van der Waals surface area contributed by atoms with Crippen LogP contribution < -0.4 is 5.32 Å². The molecular formula is C15H23N3OS. The van der Waals surface area contributed by atoms with Crippen LogP contribution in [0.3, 0.4) is 0 Å². The molecule has 3 atom stereocenters. The summed E-state index contributed by atoms with van der Waals surface area (Å²) in [5, 5.41) is 3.44. The van der Waals surface area contributed by atoms with Crippen LogP contribution in [0.15, 0.2) is 12.1 Å². The van der Waals surface area contributed by atoms with E-state index in [0.717, 1.165) is 13.1 Å². The Bertz CT molecular complexity index is 501. The van der Waals surface area contributed by atoms with Crippen LogP contribution in [0.2, 0.25) is 0 Å². The molecule has 0 aromatic carbocycles. The molecule has 0 radical (unpaired) electrons. The fourth-order valence-corrected chi connectivity index (χ4v) is 4.19. The minimum absolute atomic E-state index is 0.0604. The molecule has 2 aliphatic rings. The maximum Gasteiger partial charge on any atom is 0.241 e. The number of nitrogens with one attached hydrogen (secondary N) is 1. The monoisotopic (exact) mass is 293 g/mol. The Morgan fingerprint density at radius 1 is 1.45 bits per heavy atom. The first-order valence-electron chi connectivity index (χ1n) is 7.39. The third-order valence-corrected chi connectivity index (χ3v) is 5.54. The van der Waals surface area contributed by atoms with Crippen LogP contribution in [-0.2, 0) is 4.79 Å². The maximum atomic E-state index is 12.4. The summed E-state index contributed by atoms with van der Waals surface area (Å²) in [4.78, 5) is 19.4. The number of aryl methyl sites for hydroxylation is 1. The van der Waals surface area contributed by atoms with Crippen LogP contribution in [0.5, 0.6) is 0 Å². The largest absolute Gasteiger partial charge is 0.319 e. The van der Waals surface area contributed by atoms with E-state index in [0.29, 0.717) is 6.04 Å². The van der Waals surface area contributed by atoms with E-state index in [1.54, 1.807) is 11.3 Å². The summed E-state index contributed by atoms with van der Waals surface area (Å²) in [5.41, 5.74) is 0. The minimum Gasteiger partial charge on any atom is -0.319 e. The molecule has 0 aliphatic carbocycles. The highest BCUT2D eigenvalue weighted by Gasteiger charge is 2.39. The molecule has 3 rings (SSSR count). The van der Waals surface area contributed by atoms with Gasteiger partial charge in [0.2, 0.25) is 5.91 Å². The summed E-state index contributed by atoms with van der Waals surface area (Å²) < 4.78 is 0. The Hall–Kier alpha value is -0.910. The number of hydrogen-bond donors (Lipinski definition) is 1. The third kappa shape index (κ3) is 2.50. The molecular weight excluding hydrogens is 270 g/mol. The minimum atomic E-state index is -0.0749. The number of amides is 1. The Morgan fingerprint density at radius 3 is 2.85 bits per heavy atom. The van der Waals surface area contributed by atoms with Gasteiger partial charge in [0.15, 0.2) is 0 Å². The lowest BCUT2D eigenvalue weighted by Crippen LogP contribution is -2.41. The number of hydrogen-bond acceptors (Lipinski definition) is 4. The lowest BCUT2D eigenvalue weighted by Gasteiger charge is -2.29. The second-order valence-electron chi connectivity index (χ2n) is 6.01. The average molecular weight is 293 g/mol. The number of likely N-dealkylation sites (N-methyl/N-ethyl adjacent to an activating group) is 1. The van der Waals surface area contributed by atoms with E-state index >= 15 is 0 Å². The highest BCUT2D eigenvalue weighted by atomic mass is 32.1. The Balaban J connectivity index is 1.79. The van der Waals surface area contributed by atoms with E-state index < -0.39 is 0 Å². The van der Waals surface area contributed by atoms with Crippen LogP contribution in [0, 0.1) is 6.92 Å². The summed E-state index contributed by atoms with van der Waals surface area (Å²) in [5.74, 6) is 0.237. The molecule has 110 valence electrons. The van der Waals surface area contributed by atoms with E-state index in [-0.39, 0.29) is 18.1 Å². The Morgan fingerprint density at radius 2 is 2.25 bits per heavy atom. The molecule has 2 aliphatic heterocycles. The molecule has 3 unspecified atom stereocenters. The van der Waals surface area contributed by atoms with Crippen LogP contribution >= 0.6 is 11.3 Å². The van der Waals surface area contributed by atoms with Gasteiger partial charge in [-0.3, -0.25) is 10.1 Å². The van der Waals surface area contributed by atoms with Crippen molar-refractivity contribution in [1.82, 2.24) is 15.1 Å². The molecule has 1 amide bonds. The van der Waals surface area contributed by atoms with Crippen LogP contribution in [0.4, 0.5) is 0 Å². The first-order chi connectivity index (χ1) is 9.56. The first-order valence-corrected chi connectivity index (χ1v) is 8.21. The third-order valence-electron chi connectivity index (χ3n) is 4.48. The number of carbonyl (C=O) groups is 1. The van der Waals surface area contributed by atoms with Gasteiger partial charge in [0.25, 0.3) is 0 Å². The zero-order valence-electron chi connectivity index (χ0n) is 12.4. The van der Waals surface area contributed by atoms with Crippen molar-refractivity contribution in [2.75, 3.05) is 20.1 Å². The maximum absolute atomic E-state index is 12.4. The predicted octanol–water partition coefficient (Wildman–Crippen LogP) is 1.97. The lowest BCUT2D eigenvalue weighted by molar-refractivity contribution is -0.130. The van der Waals surface area contributed by atoms with E-state index in [1.807, 2.05) is 11.8 Å². The number of likely N-dealkylation sites (tertiary alicyclic amines) is 1. The second-order valence-corrected chi connectivity index (χ2v) is 7.33. The Kier molecular flexibility index (Phi) is 3.84. The van der Waals surface area contributed by atoms with Crippen LogP contribution in [-0.4, -0.2) is 47.9 Å². The zero-order chi connectivity index (χ0) is 14.3. The van der Waals surface area contributed by atoms with Gasteiger partial charge in [0.1, 0.15) is 6.17 Å². The summed E-state index contributed by atoms with van der Waals surface area (Å²) in [6.45, 7) is 6.07. The van der Waals surface area contributed by atoms with Crippen molar-refractivity contribution < 1.29 is 4.79 Å². The molecule has 0 saturated carbocycles. The van der Waals surface area contributed by atoms with Gasteiger partial charge in [-0.25, -0.2) is 0 Å². The standard InChI is InChI=1S/C15H23N3OS/c1-10-6-7-13(20-10)14-16-11(2)15(19)18(14)9-12-5-4-8-17(12)3/h6-7,11-12,14,16H,4-5,8-9H2,1-3H3. The van der Waals surface area contributed by atoms with Crippen LogP contribution in [0.25, 0.3) is 0 Å². The molecule has 2 saturated heterocycles. The highest BCUT2D eigenvalue weighted by Crippen LogP contribution is 2.31. The summed E-state index contributed by atoms with van der Waals surface area (Å²) in [6, 6.07) is 4.72. The van der Waals surface area contributed by atoms with E-state index in [2.05, 4.69) is 36.3 Å². The summed E-state index contributed by atoms with van der Waals surface area (Å²) in [6.07, 6.45) is 2.50. The van der Waals surface area contributed by atoms with Gasteiger partial charge < -0.3 is 9.80 Å². The van der Waals surface area contributed by atoms with Gasteiger partial charge in [0, 0.05) is 22.3 Å². The molecule has 4 nitrogen and oxygen atoms in total. The SMILES string of the molecule is Cc1ccc(C2NC(C)C(=O)N2CC2CCCN2C)s1. The van der Waals surface area contributed by atoms with Gasteiger partial charge in [-0.1, -0.05) is 0 Å². The second kappa shape index (κ2) is 5.47. The lowest BCUT2D eigenvalue weighted by atomic mass is 10.2. The number of thiophene rings is 1. The quantitative estimate of drug-likeness (QED) is 0.925. The normalized spacial score (nSPS) is 31.4. The van der Waals surface area contributed by atoms with Crippen molar-refractivity contribution in [3.05, 3.63) is 21.9 Å². The molecule has 0 bridgehead atoms. The van der Waals surface area contributed by atoms with E-state index in [9.17, 15) is 4.79 Å². The Labute approximate surface area is 124 Å². The summed E-state index contributed by atoms with van der Waals surface area (Å²) in [7, 11) is 2.17. The van der Waals surface area contributed by atoms with Crippen molar-refractivity contribution in [2.45, 2.75) is 44.9 Å². The van der Waals surface area contributed by atoms with Crippen molar-refractivity contribution in [3.8, 4) is 0 Å². The number of carbonyl (C=O) groups excluding carboxylic acids is 1. The molecule has 3 heterocycles. The van der Waals surface area contributed by atoms with Crippen LogP contribution in [0.1, 0.15) is 35.7 Å². The number of rotatable bonds is 3. The average Bonchev–Trinajstić information content (AvgIpc) is 3.07. The predicted molar refractivity (Wildman–Crippen MR) is 81.8 cm³/mol. The fourth-order valence-electron chi connectivity index (χ4n) is 3.24. The van der Waals surface area contributed by atoms with Gasteiger partial charge in [0.05, 0.1) is 6.04 Å². The van der Waals surface area contributed by atoms with Gasteiger partial charge in [-0.05, 0) is 52.4 Å². The smallest absolute Gasteiger partial charge is 0.241 e. The molecule has 1 N–H and O–H groups in total. The molecule has 2 fully saturated rings. The van der Waals surface area contributed by atoms with Gasteiger partial charge >= 0.3 is 0 Å². The van der Waals surface area contributed by atoms with E-state index in [1.165, 1.54) is 22.6 Å². The molecule has 0 spiro atoms. The molecule has 1 aromatic heterocycles. The molecule has 1 aromatic rings. The molecule has 5 heteroatoms. The van der Waals surface area contributed by atoms with Crippen molar-refractivity contribution in [3.63, 3.8) is 0 Å². The van der Waals surface area contributed by atoms with Gasteiger partial charge in [-0.2, -0.15) is 0 Å². The highest BCUT2D eigenvalue weighted by molar-refractivity contribution is 7.12. The molecule has 20 heavy (non-hydrogen) atoms. The van der Waals surface area contributed by atoms with Crippen molar-refractivity contribution >= 4 is 17.2 Å².